The van der Waals surface area contributed by atoms with Crippen molar-refractivity contribution in [2.45, 2.75) is 19.4 Å². The third kappa shape index (κ3) is 6.50. The first-order valence-corrected chi connectivity index (χ1v) is 9.30. The van der Waals surface area contributed by atoms with Crippen molar-refractivity contribution < 1.29 is 14.3 Å². The minimum absolute atomic E-state index is 0.148. The van der Waals surface area contributed by atoms with Crippen molar-refractivity contribution in [2.75, 3.05) is 19.7 Å². The summed E-state index contributed by atoms with van der Waals surface area (Å²) in [6.07, 6.45) is 3.02. The number of carbonyl (C=O) groups excluding carboxylic acids is 2. The molecule has 1 atom stereocenters. The molecule has 144 valence electrons. The van der Waals surface area contributed by atoms with Crippen LogP contribution >= 0.6 is 23.2 Å². The van der Waals surface area contributed by atoms with E-state index in [4.69, 9.17) is 27.9 Å². The van der Waals surface area contributed by atoms with Crippen molar-refractivity contribution in [3.63, 3.8) is 0 Å². The van der Waals surface area contributed by atoms with Crippen LogP contribution in [0.15, 0.2) is 42.7 Å². The Bertz CT molecular complexity index is 752. The quantitative estimate of drug-likeness (QED) is 0.665. The minimum Gasteiger partial charge on any atom is -0.377 e. The van der Waals surface area contributed by atoms with E-state index in [1.54, 1.807) is 12.1 Å². The van der Waals surface area contributed by atoms with E-state index >= 15 is 0 Å². The first-order valence-electron chi connectivity index (χ1n) is 8.55. The van der Waals surface area contributed by atoms with E-state index in [-0.39, 0.29) is 34.2 Å². The maximum atomic E-state index is 12.3. The summed E-state index contributed by atoms with van der Waals surface area (Å²) in [5.74, 6) is -0.546. The summed E-state index contributed by atoms with van der Waals surface area (Å²) in [4.78, 5) is 28.2. The van der Waals surface area contributed by atoms with E-state index in [0.29, 0.717) is 25.1 Å². The normalized spacial score (nSPS) is 11.7. The molecule has 0 fully saturated rings. The summed E-state index contributed by atoms with van der Waals surface area (Å²) in [7, 11) is 0. The summed E-state index contributed by atoms with van der Waals surface area (Å²) >= 11 is 12.0. The Morgan fingerprint density at radius 2 is 1.74 bits per heavy atom. The van der Waals surface area contributed by atoms with Gasteiger partial charge in [0.05, 0.1) is 21.7 Å². The van der Waals surface area contributed by atoms with Crippen LogP contribution in [0.1, 0.15) is 34.1 Å². The van der Waals surface area contributed by atoms with Gasteiger partial charge in [0.2, 0.25) is 0 Å². The molecule has 2 N–H and O–H groups in total. The molecule has 27 heavy (non-hydrogen) atoms. The molecule has 0 aliphatic carbocycles. The van der Waals surface area contributed by atoms with Gasteiger partial charge in [-0.25, -0.2) is 0 Å². The predicted octanol–water partition coefficient (Wildman–Crippen LogP) is 3.34. The van der Waals surface area contributed by atoms with E-state index in [1.807, 2.05) is 25.1 Å². The summed E-state index contributed by atoms with van der Waals surface area (Å²) in [5.41, 5.74) is 0.779. The maximum absolute atomic E-state index is 12.3. The third-order valence-electron chi connectivity index (χ3n) is 3.76. The molecule has 0 saturated heterocycles. The lowest BCUT2D eigenvalue weighted by atomic mass is 10.2. The molecule has 0 radical (unpaired) electrons. The van der Waals surface area contributed by atoms with E-state index in [2.05, 4.69) is 15.6 Å². The van der Waals surface area contributed by atoms with Gasteiger partial charge in [0.15, 0.2) is 0 Å². The number of halogens is 2. The molecule has 1 aromatic carbocycles. The van der Waals surface area contributed by atoms with Crippen molar-refractivity contribution in [1.29, 1.82) is 0 Å². The zero-order chi connectivity index (χ0) is 19.6. The number of nitrogens with one attached hydrogen (secondary N) is 2. The molecule has 0 aliphatic rings. The lowest BCUT2D eigenvalue weighted by Crippen LogP contribution is -2.36. The van der Waals surface area contributed by atoms with Crippen LogP contribution in [-0.2, 0) is 4.74 Å². The van der Waals surface area contributed by atoms with Crippen molar-refractivity contribution in [1.82, 2.24) is 15.6 Å². The summed E-state index contributed by atoms with van der Waals surface area (Å²) in [5, 5.41) is 5.97. The molecule has 1 unspecified atom stereocenters. The fourth-order valence-electron chi connectivity index (χ4n) is 2.44. The SMILES string of the molecule is CCOC(CCNC(=O)c1ccccc1)CNC(=O)c1c(Cl)cncc1Cl. The number of amides is 2. The minimum atomic E-state index is -0.398. The molecule has 2 rings (SSSR count). The van der Waals surface area contributed by atoms with Gasteiger partial charge in [0, 0.05) is 37.7 Å². The topological polar surface area (TPSA) is 80.3 Å². The summed E-state index contributed by atoms with van der Waals surface area (Å²) < 4.78 is 5.63. The fraction of sp³-hybridized carbons (Fsp3) is 0.316. The molecule has 6 nitrogen and oxygen atoms in total. The number of aromatic nitrogens is 1. The van der Waals surface area contributed by atoms with Crippen LogP contribution in [0.25, 0.3) is 0 Å². The molecule has 0 saturated carbocycles. The number of carbonyl (C=O) groups is 2. The van der Waals surface area contributed by atoms with Gasteiger partial charge >= 0.3 is 0 Å². The van der Waals surface area contributed by atoms with Gasteiger partial charge in [0.1, 0.15) is 0 Å². The largest absolute Gasteiger partial charge is 0.377 e. The van der Waals surface area contributed by atoms with Crippen LogP contribution in [-0.4, -0.2) is 42.6 Å². The van der Waals surface area contributed by atoms with Gasteiger partial charge in [-0.15, -0.1) is 0 Å². The summed E-state index contributed by atoms with van der Waals surface area (Å²) in [6.45, 7) is 3.05. The number of rotatable bonds is 9. The Labute approximate surface area is 168 Å². The van der Waals surface area contributed by atoms with Crippen LogP contribution in [0.2, 0.25) is 10.0 Å². The Kier molecular flexibility index (Phi) is 8.51. The second-order valence-corrected chi connectivity index (χ2v) is 6.49. The molecule has 2 amide bonds. The van der Waals surface area contributed by atoms with Crippen LogP contribution in [0.5, 0.6) is 0 Å². The highest BCUT2D eigenvalue weighted by atomic mass is 35.5. The molecule has 2 aromatic rings. The average Bonchev–Trinajstić information content (AvgIpc) is 2.66. The molecule has 1 heterocycles. The number of nitrogens with zero attached hydrogens (tertiary/aromatic N) is 1. The molecule has 1 aromatic heterocycles. The third-order valence-corrected chi connectivity index (χ3v) is 4.33. The standard InChI is InChI=1S/C19H21Cl2N3O3/c1-2-27-14(8-9-23-18(25)13-6-4-3-5-7-13)10-24-19(26)17-15(20)11-22-12-16(17)21/h3-7,11-12,14H,2,8-10H2,1H3,(H,23,25)(H,24,26). The highest BCUT2D eigenvalue weighted by Crippen LogP contribution is 2.22. The Morgan fingerprint density at radius 3 is 2.37 bits per heavy atom. The van der Waals surface area contributed by atoms with Crippen molar-refractivity contribution >= 4 is 35.0 Å². The molecule has 0 aliphatic heterocycles. The average molecular weight is 410 g/mol. The Balaban J connectivity index is 1.84. The van der Waals surface area contributed by atoms with E-state index in [1.165, 1.54) is 12.4 Å². The number of hydrogen-bond donors (Lipinski definition) is 2. The van der Waals surface area contributed by atoms with Crippen molar-refractivity contribution in [2.24, 2.45) is 0 Å². The van der Waals surface area contributed by atoms with E-state index < -0.39 is 5.91 Å². The predicted molar refractivity (Wildman–Crippen MR) is 105 cm³/mol. The fourth-order valence-corrected chi connectivity index (χ4v) is 2.98. The van der Waals surface area contributed by atoms with Crippen LogP contribution in [0.4, 0.5) is 0 Å². The second kappa shape index (κ2) is 10.9. The molecular weight excluding hydrogens is 389 g/mol. The first kappa shape index (κ1) is 21.2. The molecule has 0 bridgehead atoms. The second-order valence-electron chi connectivity index (χ2n) is 5.68. The van der Waals surface area contributed by atoms with Crippen LogP contribution in [0, 0.1) is 0 Å². The molecule has 8 heteroatoms. The van der Waals surface area contributed by atoms with Gasteiger partial charge in [-0.1, -0.05) is 41.4 Å². The number of ether oxygens (including phenoxy) is 1. The summed E-state index contributed by atoms with van der Waals surface area (Å²) in [6, 6.07) is 8.97. The highest BCUT2D eigenvalue weighted by Gasteiger charge is 2.17. The van der Waals surface area contributed by atoms with Gasteiger partial charge in [-0.05, 0) is 25.5 Å². The first-order chi connectivity index (χ1) is 13.0. The van der Waals surface area contributed by atoms with Crippen molar-refractivity contribution in [3.05, 3.63) is 63.9 Å². The lowest BCUT2D eigenvalue weighted by Gasteiger charge is -2.18. The van der Waals surface area contributed by atoms with Crippen LogP contribution in [0.3, 0.4) is 0 Å². The smallest absolute Gasteiger partial charge is 0.254 e. The highest BCUT2D eigenvalue weighted by molar-refractivity contribution is 6.39. The van der Waals surface area contributed by atoms with Gasteiger partial charge in [-0.2, -0.15) is 0 Å². The van der Waals surface area contributed by atoms with Crippen LogP contribution < -0.4 is 10.6 Å². The van der Waals surface area contributed by atoms with Gasteiger partial charge in [0.25, 0.3) is 11.8 Å². The van der Waals surface area contributed by atoms with Gasteiger partial charge < -0.3 is 15.4 Å². The van der Waals surface area contributed by atoms with E-state index in [9.17, 15) is 9.59 Å². The van der Waals surface area contributed by atoms with Gasteiger partial charge in [-0.3, -0.25) is 14.6 Å². The Morgan fingerprint density at radius 1 is 1.07 bits per heavy atom. The zero-order valence-electron chi connectivity index (χ0n) is 14.9. The molecular formula is C19H21Cl2N3O3. The van der Waals surface area contributed by atoms with Crippen molar-refractivity contribution in [3.8, 4) is 0 Å². The zero-order valence-corrected chi connectivity index (χ0v) is 16.4. The molecule has 0 spiro atoms. The Hall–Kier alpha value is -2.15. The maximum Gasteiger partial charge on any atom is 0.254 e. The number of pyridine rings is 1. The monoisotopic (exact) mass is 409 g/mol. The lowest BCUT2D eigenvalue weighted by molar-refractivity contribution is 0.0534. The number of hydrogen-bond acceptors (Lipinski definition) is 4. The number of benzene rings is 1. The van der Waals surface area contributed by atoms with E-state index in [0.717, 1.165) is 0 Å².